The number of imidazole rings is 1. The fourth-order valence-corrected chi connectivity index (χ4v) is 5.86. The third-order valence-electron chi connectivity index (χ3n) is 8.45. The maximum absolute atomic E-state index is 13.4. The maximum Gasteiger partial charge on any atom is 0.271 e. The molecule has 1 fully saturated rings. The van der Waals surface area contributed by atoms with Gasteiger partial charge in [0.05, 0.1) is 11.7 Å². The molecule has 220 valence electrons. The number of carbonyl (C=O) groups is 2. The minimum Gasteiger partial charge on any atom is -0.366 e. The molecule has 1 aliphatic rings. The Morgan fingerprint density at radius 1 is 1.07 bits per heavy atom. The SMILES string of the molecule is CCNCc1cncc(-c2ccc3[nH]nc(-c4ncc(C(=O)N5CCC(Cc6ccc(C(N)=O)cc6)CC5)[nH]4)c3c2)c1C. The number of nitrogens with two attached hydrogens (primary N) is 1. The zero-order valence-corrected chi connectivity index (χ0v) is 24.5. The molecule has 5 N–H and O–H groups in total. The number of rotatable bonds is 9. The van der Waals surface area contributed by atoms with Crippen LogP contribution in [0, 0.1) is 12.8 Å². The van der Waals surface area contributed by atoms with Crippen molar-refractivity contribution in [3.8, 4) is 22.6 Å². The summed E-state index contributed by atoms with van der Waals surface area (Å²) in [6.45, 7) is 7.26. The second-order valence-electron chi connectivity index (χ2n) is 11.2. The number of nitrogens with one attached hydrogen (secondary N) is 3. The van der Waals surface area contributed by atoms with E-state index in [9.17, 15) is 9.59 Å². The van der Waals surface area contributed by atoms with Crippen molar-refractivity contribution in [1.29, 1.82) is 0 Å². The first-order valence-corrected chi connectivity index (χ1v) is 14.8. The molecule has 0 unspecified atom stereocenters. The molecular formula is C33H36N8O2. The van der Waals surface area contributed by atoms with Crippen molar-refractivity contribution < 1.29 is 9.59 Å². The quantitative estimate of drug-likeness (QED) is 0.201. The van der Waals surface area contributed by atoms with E-state index in [-0.39, 0.29) is 5.91 Å². The molecule has 5 aromatic rings. The van der Waals surface area contributed by atoms with Gasteiger partial charge in [0, 0.05) is 48.5 Å². The van der Waals surface area contributed by atoms with Gasteiger partial charge >= 0.3 is 0 Å². The Morgan fingerprint density at radius 3 is 2.60 bits per heavy atom. The first kappa shape index (κ1) is 28.3. The average Bonchev–Trinajstić information content (AvgIpc) is 3.68. The highest BCUT2D eigenvalue weighted by Gasteiger charge is 2.26. The number of nitrogens with zero attached hydrogens (tertiary/aromatic N) is 4. The number of primary amides is 1. The number of hydrogen-bond donors (Lipinski definition) is 4. The molecule has 43 heavy (non-hydrogen) atoms. The number of aromatic nitrogens is 5. The molecule has 4 heterocycles. The van der Waals surface area contributed by atoms with Crippen molar-refractivity contribution in [3.05, 3.63) is 89.0 Å². The minimum atomic E-state index is -0.417. The van der Waals surface area contributed by atoms with Crippen LogP contribution in [0.25, 0.3) is 33.5 Å². The average molecular weight is 577 g/mol. The van der Waals surface area contributed by atoms with E-state index in [1.807, 2.05) is 35.5 Å². The van der Waals surface area contributed by atoms with Gasteiger partial charge in [-0.3, -0.25) is 19.7 Å². The number of likely N-dealkylation sites (tertiary alicyclic amines) is 1. The molecule has 1 saturated heterocycles. The van der Waals surface area contributed by atoms with Crippen LogP contribution in [-0.4, -0.2) is 61.5 Å². The van der Waals surface area contributed by atoms with Crippen LogP contribution in [0.5, 0.6) is 0 Å². The Bertz CT molecular complexity index is 1760. The van der Waals surface area contributed by atoms with Crippen molar-refractivity contribution in [2.75, 3.05) is 19.6 Å². The van der Waals surface area contributed by atoms with E-state index in [2.05, 4.69) is 56.4 Å². The van der Waals surface area contributed by atoms with Crippen molar-refractivity contribution in [2.45, 2.75) is 39.7 Å². The van der Waals surface area contributed by atoms with E-state index in [0.29, 0.717) is 41.8 Å². The monoisotopic (exact) mass is 576 g/mol. The summed E-state index contributed by atoms with van der Waals surface area (Å²) in [5.41, 5.74) is 13.6. The lowest BCUT2D eigenvalue weighted by Crippen LogP contribution is -2.39. The van der Waals surface area contributed by atoms with Gasteiger partial charge in [0.2, 0.25) is 5.91 Å². The van der Waals surface area contributed by atoms with Crippen LogP contribution in [-0.2, 0) is 13.0 Å². The molecule has 3 aromatic heterocycles. The first-order valence-electron chi connectivity index (χ1n) is 14.8. The van der Waals surface area contributed by atoms with Crippen LogP contribution in [0.15, 0.2) is 61.1 Å². The zero-order chi connectivity index (χ0) is 29.9. The summed E-state index contributed by atoms with van der Waals surface area (Å²) in [6, 6.07) is 13.7. The number of benzene rings is 2. The molecule has 0 saturated carbocycles. The number of fused-ring (bicyclic) bond motifs is 1. The summed E-state index contributed by atoms with van der Waals surface area (Å²) in [7, 11) is 0. The number of pyridine rings is 1. The predicted octanol–water partition coefficient (Wildman–Crippen LogP) is 4.63. The lowest BCUT2D eigenvalue weighted by molar-refractivity contribution is 0.0685. The van der Waals surface area contributed by atoms with Gasteiger partial charge in [-0.05, 0) is 85.2 Å². The highest BCUT2D eigenvalue weighted by Crippen LogP contribution is 2.32. The van der Waals surface area contributed by atoms with Gasteiger partial charge in [0.25, 0.3) is 5.91 Å². The molecule has 6 rings (SSSR count). The second-order valence-corrected chi connectivity index (χ2v) is 11.2. The summed E-state index contributed by atoms with van der Waals surface area (Å²) in [5.74, 6) is 0.562. The summed E-state index contributed by atoms with van der Waals surface area (Å²) in [6.07, 6.45) is 8.17. The molecule has 2 aromatic carbocycles. The van der Waals surface area contributed by atoms with Gasteiger partial charge in [-0.2, -0.15) is 5.10 Å². The van der Waals surface area contributed by atoms with Crippen molar-refractivity contribution >= 4 is 22.7 Å². The van der Waals surface area contributed by atoms with E-state index in [0.717, 1.165) is 54.4 Å². The summed E-state index contributed by atoms with van der Waals surface area (Å²) in [4.78, 5) is 38.8. The highest BCUT2D eigenvalue weighted by atomic mass is 16.2. The lowest BCUT2D eigenvalue weighted by atomic mass is 9.90. The molecule has 0 radical (unpaired) electrons. The highest BCUT2D eigenvalue weighted by molar-refractivity contribution is 5.96. The summed E-state index contributed by atoms with van der Waals surface area (Å²) in [5, 5.41) is 11.9. The smallest absolute Gasteiger partial charge is 0.271 e. The van der Waals surface area contributed by atoms with Crippen LogP contribution >= 0.6 is 0 Å². The molecule has 10 nitrogen and oxygen atoms in total. The van der Waals surface area contributed by atoms with Gasteiger partial charge < -0.3 is 20.9 Å². The van der Waals surface area contributed by atoms with E-state index in [1.165, 1.54) is 16.7 Å². The topological polar surface area (TPSA) is 146 Å². The van der Waals surface area contributed by atoms with E-state index in [4.69, 9.17) is 5.73 Å². The fraction of sp³-hybridized carbons (Fsp3) is 0.303. The fourth-order valence-electron chi connectivity index (χ4n) is 5.86. The Balaban J connectivity index is 1.14. The van der Waals surface area contributed by atoms with Gasteiger partial charge in [-0.1, -0.05) is 25.1 Å². The third kappa shape index (κ3) is 5.91. The van der Waals surface area contributed by atoms with Gasteiger partial charge in [0.15, 0.2) is 5.82 Å². The molecule has 0 bridgehead atoms. The van der Waals surface area contributed by atoms with E-state index < -0.39 is 5.91 Å². The lowest BCUT2D eigenvalue weighted by Gasteiger charge is -2.31. The largest absolute Gasteiger partial charge is 0.366 e. The molecule has 10 heteroatoms. The Hall–Kier alpha value is -4.83. The Labute approximate surface area is 250 Å². The molecule has 1 aliphatic heterocycles. The Kier molecular flexibility index (Phi) is 8.02. The van der Waals surface area contributed by atoms with E-state index >= 15 is 0 Å². The van der Waals surface area contributed by atoms with Gasteiger partial charge in [-0.15, -0.1) is 0 Å². The molecular weight excluding hydrogens is 540 g/mol. The van der Waals surface area contributed by atoms with Crippen LogP contribution in [0.2, 0.25) is 0 Å². The number of carbonyl (C=O) groups excluding carboxylic acids is 2. The summed E-state index contributed by atoms with van der Waals surface area (Å²) < 4.78 is 0. The molecule has 0 atom stereocenters. The standard InChI is InChI=1S/C33H36N8O2/c1-3-35-16-25-17-36-18-27(20(25)2)24-8-9-28-26(15-24)30(40-39-28)32-37-19-29(38-32)33(43)41-12-10-22(11-13-41)14-21-4-6-23(7-5-21)31(34)42/h4-9,15,17-19,22,35H,3,10-14,16H2,1-2H3,(H2,34,42)(H,37,38)(H,39,40). The normalized spacial score (nSPS) is 14.0. The Morgan fingerprint density at radius 2 is 1.86 bits per heavy atom. The minimum absolute atomic E-state index is 0.0530. The predicted molar refractivity (Wildman–Crippen MR) is 166 cm³/mol. The number of aromatic amines is 2. The second kappa shape index (κ2) is 12.2. The van der Waals surface area contributed by atoms with Crippen LogP contribution in [0.4, 0.5) is 0 Å². The number of amides is 2. The number of hydrogen-bond acceptors (Lipinski definition) is 6. The summed E-state index contributed by atoms with van der Waals surface area (Å²) >= 11 is 0. The van der Waals surface area contributed by atoms with Crippen molar-refractivity contribution in [3.63, 3.8) is 0 Å². The van der Waals surface area contributed by atoms with Crippen LogP contribution in [0.1, 0.15) is 57.3 Å². The van der Waals surface area contributed by atoms with E-state index in [1.54, 1.807) is 18.3 Å². The molecule has 2 amide bonds. The van der Waals surface area contributed by atoms with Gasteiger partial charge in [0.1, 0.15) is 11.4 Å². The van der Waals surface area contributed by atoms with Gasteiger partial charge in [-0.25, -0.2) is 4.98 Å². The zero-order valence-electron chi connectivity index (χ0n) is 24.5. The third-order valence-corrected chi connectivity index (χ3v) is 8.45. The van der Waals surface area contributed by atoms with Crippen molar-refractivity contribution in [2.24, 2.45) is 11.7 Å². The van der Waals surface area contributed by atoms with Crippen molar-refractivity contribution in [1.82, 2.24) is 35.4 Å². The van der Waals surface area contributed by atoms with Crippen LogP contribution in [0.3, 0.4) is 0 Å². The molecule has 0 aliphatic carbocycles. The number of H-pyrrole nitrogens is 2. The molecule has 0 spiro atoms. The van der Waals surface area contributed by atoms with Crippen LogP contribution < -0.4 is 11.1 Å². The number of piperidine rings is 1. The first-order chi connectivity index (χ1) is 20.9. The maximum atomic E-state index is 13.4.